The first-order valence-corrected chi connectivity index (χ1v) is 6.59. The van der Waals surface area contributed by atoms with E-state index in [0.717, 1.165) is 25.3 Å². The van der Waals surface area contributed by atoms with E-state index in [-0.39, 0.29) is 5.92 Å². The molecule has 0 spiro atoms. The topological polar surface area (TPSA) is 20.3 Å². The van der Waals surface area contributed by atoms with Crippen LogP contribution in [-0.4, -0.2) is 29.6 Å². The van der Waals surface area contributed by atoms with Crippen molar-refractivity contribution in [3.05, 3.63) is 0 Å². The summed E-state index contributed by atoms with van der Waals surface area (Å²) in [6.45, 7) is 8.09. The van der Waals surface area contributed by atoms with E-state index in [0.29, 0.717) is 17.7 Å². The molecule has 0 N–H and O–H groups in total. The predicted octanol–water partition coefficient (Wildman–Crippen LogP) is 2.45. The molecule has 1 heterocycles. The lowest BCUT2D eigenvalue weighted by atomic mass is 9.87. The molecular formula is C12H23NOS. The second kappa shape index (κ2) is 5.78. The van der Waals surface area contributed by atoms with Crippen LogP contribution in [0.15, 0.2) is 0 Å². The molecule has 15 heavy (non-hydrogen) atoms. The number of likely N-dealkylation sites (tertiary alicyclic amines) is 1. The molecule has 1 aliphatic heterocycles. The second-order valence-corrected chi connectivity index (χ2v) is 5.37. The zero-order chi connectivity index (χ0) is 11.4. The van der Waals surface area contributed by atoms with Crippen LogP contribution >= 0.6 is 12.6 Å². The van der Waals surface area contributed by atoms with E-state index >= 15 is 0 Å². The zero-order valence-corrected chi connectivity index (χ0v) is 11.0. The maximum Gasteiger partial charge on any atom is 0.225 e. The fraction of sp³-hybridized carbons (Fsp3) is 0.917. The first kappa shape index (κ1) is 12.9. The molecule has 88 valence electrons. The molecule has 0 radical (unpaired) electrons. The Kier molecular flexibility index (Phi) is 4.97. The van der Waals surface area contributed by atoms with Gasteiger partial charge in [0.2, 0.25) is 5.91 Å². The highest BCUT2D eigenvalue weighted by atomic mass is 32.1. The Labute approximate surface area is 98.8 Å². The minimum atomic E-state index is 0.134. The Morgan fingerprint density at radius 3 is 2.67 bits per heavy atom. The maximum absolute atomic E-state index is 11.9. The molecule has 0 aromatic heterocycles. The lowest BCUT2D eigenvalue weighted by Gasteiger charge is -2.36. The maximum atomic E-state index is 11.9. The third-order valence-corrected chi connectivity index (χ3v) is 3.93. The molecule has 0 aliphatic carbocycles. The van der Waals surface area contributed by atoms with Crippen molar-refractivity contribution in [2.75, 3.05) is 18.8 Å². The molecule has 0 bridgehead atoms. The van der Waals surface area contributed by atoms with Crippen LogP contribution in [0.25, 0.3) is 0 Å². The van der Waals surface area contributed by atoms with Gasteiger partial charge in [0, 0.05) is 19.0 Å². The third kappa shape index (κ3) is 3.40. The van der Waals surface area contributed by atoms with Gasteiger partial charge in [-0.25, -0.2) is 0 Å². The molecule has 2 unspecified atom stereocenters. The second-order valence-electron chi connectivity index (χ2n) is 5.00. The number of carbonyl (C=O) groups excluding carboxylic acids is 1. The average Bonchev–Trinajstić information content (AvgIpc) is 2.27. The van der Waals surface area contributed by atoms with Crippen molar-refractivity contribution in [2.24, 2.45) is 17.8 Å². The van der Waals surface area contributed by atoms with Crippen LogP contribution in [0.2, 0.25) is 0 Å². The van der Waals surface area contributed by atoms with Gasteiger partial charge < -0.3 is 4.90 Å². The van der Waals surface area contributed by atoms with E-state index in [1.165, 1.54) is 6.42 Å². The summed E-state index contributed by atoms with van der Waals surface area (Å²) in [4.78, 5) is 13.9. The summed E-state index contributed by atoms with van der Waals surface area (Å²) in [5, 5.41) is 0. The number of rotatable bonds is 3. The molecule has 1 fully saturated rings. The van der Waals surface area contributed by atoms with Gasteiger partial charge in [0.15, 0.2) is 0 Å². The van der Waals surface area contributed by atoms with Gasteiger partial charge in [-0.3, -0.25) is 4.79 Å². The van der Waals surface area contributed by atoms with Gasteiger partial charge in [0.05, 0.1) is 0 Å². The summed E-state index contributed by atoms with van der Waals surface area (Å²) in [6, 6.07) is 0. The Bertz CT molecular complexity index is 218. The van der Waals surface area contributed by atoms with Crippen molar-refractivity contribution >= 4 is 18.5 Å². The summed E-state index contributed by atoms with van der Waals surface area (Å²) < 4.78 is 0. The quantitative estimate of drug-likeness (QED) is 0.737. The molecule has 2 atom stereocenters. The molecule has 1 aliphatic rings. The first-order chi connectivity index (χ1) is 7.06. The lowest BCUT2D eigenvalue weighted by molar-refractivity contribution is -0.136. The zero-order valence-electron chi connectivity index (χ0n) is 10.1. The van der Waals surface area contributed by atoms with Crippen LogP contribution in [0.4, 0.5) is 0 Å². The van der Waals surface area contributed by atoms with Gasteiger partial charge in [0.25, 0.3) is 0 Å². The van der Waals surface area contributed by atoms with Crippen LogP contribution in [-0.2, 0) is 4.79 Å². The smallest absolute Gasteiger partial charge is 0.225 e. The summed E-state index contributed by atoms with van der Waals surface area (Å²) >= 11 is 4.34. The number of hydrogen-bond acceptors (Lipinski definition) is 2. The van der Waals surface area contributed by atoms with Crippen LogP contribution in [0.3, 0.4) is 0 Å². The number of nitrogens with zero attached hydrogens (tertiary/aromatic N) is 1. The van der Waals surface area contributed by atoms with E-state index < -0.39 is 0 Å². The number of thiol groups is 1. The van der Waals surface area contributed by atoms with Crippen molar-refractivity contribution in [2.45, 2.75) is 33.6 Å². The monoisotopic (exact) mass is 229 g/mol. The molecular weight excluding hydrogens is 206 g/mol. The van der Waals surface area contributed by atoms with Gasteiger partial charge in [-0.05, 0) is 30.4 Å². The molecule has 0 aromatic rings. The average molecular weight is 229 g/mol. The summed E-state index contributed by atoms with van der Waals surface area (Å²) in [6.07, 6.45) is 2.41. The molecule has 3 heteroatoms. The molecule has 0 aromatic carbocycles. The minimum Gasteiger partial charge on any atom is -0.342 e. The Morgan fingerprint density at radius 1 is 1.47 bits per heavy atom. The number of hydrogen-bond donors (Lipinski definition) is 1. The van der Waals surface area contributed by atoms with Crippen molar-refractivity contribution < 1.29 is 4.79 Å². The summed E-state index contributed by atoms with van der Waals surface area (Å²) in [5.41, 5.74) is 0. The van der Waals surface area contributed by atoms with E-state index in [1.54, 1.807) is 0 Å². The fourth-order valence-corrected chi connectivity index (χ4v) is 2.49. The molecule has 0 saturated carbocycles. The Morgan fingerprint density at radius 2 is 2.13 bits per heavy atom. The lowest BCUT2D eigenvalue weighted by Crippen LogP contribution is -2.43. The van der Waals surface area contributed by atoms with Gasteiger partial charge in [-0.2, -0.15) is 12.6 Å². The Balaban J connectivity index is 2.52. The van der Waals surface area contributed by atoms with Crippen molar-refractivity contribution in [1.29, 1.82) is 0 Å². The minimum absolute atomic E-state index is 0.134. The van der Waals surface area contributed by atoms with Gasteiger partial charge in [-0.1, -0.05) is 20.8 Å². The standard InChI is InChI=1S/C12H23NOS/c1-9(2)12(14)13-6-4-5-11(7-13)10(3)8-15/h9-11,15H,4-8H2,1-3H3. The Hall–Kier alpha value is -0.180. The SMILES string of the molecule is CC(C)C(=O)N1CCCC(C(C)CS)C1. The predicted molar refractivity (Wildman–Crippen MR) is 67.2 cm³/mol. The molecule has 1 rings (SSSR count). The van der Waals surface area contributed by atoms with Gasteiger partial charge >= 0.3 is 0 Å². The summed E-state index contributed by atoms with van der Waals surface area (Å²) in [7, 11) is 0. The largest absolute Gasteiger partial charge is 0.342 e. The highest BCUT2D eigenvalue weighted by Gasteiger charge is 2.27. The molecule has 2 nitrogen and oxygen atoms in total. The van der Waals surface area contributed by atoms with Gasteiger partial charge in [-0.15, -0.1) is 0 Å². The van der Waals surface area contributed by atoms with Crippen molar-refractivity contribution in [3.8, 4) is 0 Å². The van der Waals surface area contributed by atoms with Crippen LogP contribution < -0.4 is 0 Å². The van der Waals surface area contributed by atoms with E-state index in [4.69, 9.17) is 0 Å². The molecule has 1 saturated heterocycles. The fourth-order valence-electron chi connectivity index (χ4n) is 2.19. The highest BCUT2D eigenvalue weighted by Crippen LogP contribution is 2.25. The molecule has 1 amide bonds. The van der Waals surface area contributed by atoms with Crippen LogP contribution in [0.5, 0.6) is 0 Å². The number of amides is 1. The third-order valence-electron chi connectivity index (χ3n) is 3.36. The normalized spacial score (nSPS) is 24.3. The van der Waals surface area contributed by atoms with E-state index in [1.807, 2.05) is 18.7 Å². The van der Waals surface area contributed by atoms with Crippen LogP contribution in [0, 0.1) is 17.8 Å². The first-order valence-electron chi connectivity index (χ1n) is 5.96. The van der Waals surface area contributed by atoms with Crippen LogP contribution in [0.1, 0.15) is 33.6 Å². The highest BCUT2D eigenvalue weighted by molar-refractivity contribution is 7.80. The van der Waals surface area contributed by atoms with Crippen molar-refractivity contribution in [1.82, 2.24) is 4.90 Å². The summed E-state index contributed by atoms with van der Waals surface area (Å²) in [5.74, 6) is 2.64. The van der Waals surface area contributed by atoms with E-state index in [2.05, 4.69) is 19.6 Å². The van der Waals surface area contributed by atoms with Gasteiger partial charge in [0.1, 0.15) is 0 Å². The van der Waals surface area contributed by atoms with Crippen molar-refractivity contribution in [3.63, 3.8) is 0 Å². The number of piperidine rings is 1. The number of carbonyl (C=O) groups is 1. The van der Waals surface area contributed by atoms with E-state index in [9.17, 15) is 4.79 Å².